The Kier molecular flexibility index (Phi) is 3.29. The van der Waals surface area contributed by atoms with Gasteiger partial charge in [-0.05, 0) is 18.2 Å². The molecule has 0 aliphatic rings. The van der Waals surface area contributed by atoms with Gasteiger partial charge in [-0.1, -0.05) is 5.92 Å². The highest BCUT2D eigenvalue weighted by molar-refractivity contribution is 5.95. The van der Waals surface area contributed by atoms with Crippen LogP contribution in [0.4, 0.5) is 10.1 Å². The van der Waals surface area contributed by atoms with E-state index in [2.05, 4.69) is 5.92 Å². The van der Waals surface area contributed by atoms with Gasteiger partial charge in [-0.2, -0.15) is 0 Å². The van der Waals surface area contributed by atoms with Crippen molar-refractivity contribution in [2.24, 2.45) is 0 Å². The van der Waals surface area contributed by atoms with E-state index < -0.39 is 5.82 Å². The Morgan fingerprint density at radius 3 is 2.80 bits per heavy atom. The van der Waals surface area contributed by atoms with Gasteiger partial charge in [-0.25, -0.2) is 4.39 Å². The number of rotatable bonds is 2. The SMILES string of the molecule is C#CCN(C)C(=O)c1cc(N)cc(F)c1. The van der Waals surface area contributed by atoms with Crippen LogP contribution in [0.2, 0.25) is 0 Å². The van der Waals surface area contributed by atoms with Crippen molar-refractivity contribution in [3.05, 3.63) is 29.6 Å². The second kappa shape index (κ2) is 4.47. The number of hydrogen-bond acceptors (Lipinski definition) is 2. The van der Waals surface area contributed by atoms with Crippen LogP contribution < -0.4 is 5.73 Å². The van der Waals surface area contributed by atoms with E-state index in [0.29, 0.717) is 0 Å². The molecule has 1 aromatic carbocycles. The molecule has 0 aliphatic heterocycles. The molecule has 0 saturated carbocycles. The predicted octanol–water partition coefficient (Wildman–Crippen LogP) is 1.11. The summed E-state index contributed by atoms with van der Waals surface area (Å²) in [4.78, 5) is 13.0. The van der Waals surface area contributed by atoms with Gasteiger partial charge >= 0.3 is 0 Å². The molecule has 78 valence electrons. The van der Waals surface area contributed by atoms with Gasteiger partial charge in [0.05, 0.1) is 6.54 Å². The highest BCUT2D eigenvalue weighted by Crippen LogP contribution is 2.12. The minimum atomic E-state index is -0.535. The summed E-state index contributed by atoms with van der Waals surface area (Å²) in [7, 11) is 1.54. The quantitative estimate of drug-likeness (QED) is 0.582. The maximum Gasteiger partial charge on any atom is 0.254 e. The minimum Gasteiger partial charge on any atom is -0.399 e. The standard InChI is InChI=1S/C11H11FN2O/c1-3-4-14(2)11(15)8-5-9(12)7-10(13)6-8/h1,5-7H,4,13H2,2H3. The summed E-state index contributed by atoms with van der Waals surface area (Å²) in [6.07, 6.45) is 5.06. The smallest absolute Gasteiger partial charge is 0.254 e. The molecular formula is C11H11FN2O. The van der Waals surface area contributed by atoms with E-state index in [-0.39, 0.29) is 23.7 Å². The van der Waals surface area contributed by atoms with Gasteiger partial charge in [0.15, 0.2) is 0 Å². The molecule has 0 aromatic heterocycles. The number of terminal acetylenes is 1. The lowest BCUT2D eigenvalue weighted by Crippen LogP contribution is -2.27. The van der Waals surface area contributed by atoms with Crippen LogP contribution in [-0.2, 0) is 0 Å². The number of halogens is 1. The molecule has 1 rings (SSSR count). The Hall–Kier alpha value is -2.02. The Labute approximate surface area is 87.7 Å². The number of nitrogens with two attached hydrogens (primary N) is 1. The van der Waals surface area contributed by atoms with E-state index in [4.69, 9.17) is 12.2 Å². The maximum absolute atomic E-state index is 12.9. The monoisotopic (exact) mass is 206 g/mol. The Bertz CT molecular complexity index is 403. The van der Waals surface area contributed by atoms with Crippen LogP contribution >= 0.6 is 0 Å². The van der Waals surface area contributed by atoms with Gasteiger partial charge in [-0.15, -0.1) is 6.42 Å². The van der Waals surface area contributed by atoms with Crippen LogP contribution in [0.25, 0.3) is 0 Å². The van der Waals surface area contributed by atoms with Crippen molar-refractivity contribution in [2.75, 3.05) is 19.3 Å². The first-order valence-corrected chi connectivity index (χ1v) is 4.29. The first kappa shape index (κ1) is 11.1. The molecule has 4 heteroatoms. The van der Waals surface area contributed by atoms with Gasteiger partial charge in [0.2, 0.25) is 0 Å². The molecule has 0 bridgehead atoms. The lowest BCUT2D eigenvalue weighted by atomic mass is 10.1. The predicted molar refractivity (Wildman–Crippen MR) is 56.6 cm³/mol. The number of nitrogens with zero attached hydrogens (tertiary/aromatic N) is 1. The molecule has 0 radical (unpaired) electrons. The fourth-order valence-electron chi connectivity index (χ4n) is 1.16. The van der Waals surface area contributed by atoms with E-state index in [1.807, 2.05) is 0 Å². The van der Waals surface area contributed by atoms with E-state index >= 15 is 0 Å². The zero-order valence-electron chi connectivity index (χ0n) is 8.33. The third kappa shape index (κ3) is 2.71. The third-order valence-corrected chi connectivity index (χ3v) is 1.84. The van der Waals surface area contributed by atoms with Gasteiger partial charge in [0.25, 0.3) is 5.91 Å². The molecule has 15 heavy (non-hydrogen) atoms. The van der Waals surface area contributed by atoms with Crippen molar-refractivity contribution < 1.29 is 9.18 Å². The van der Waals surface area contributed by atoms with Gasteiger partial charge in [0.1, 0.15) is 5.82 Å². The summed E-state index contributed by atoms with van der Waals surface area (Å²) in [6.45, 7) is 0.176. The van der Waals surface area contributed by atoms with E-state index in [9.17, 15) is 9.18 Å². The van der Waals surface area contributed by atoms with Crippen LogP contribution in [0.15, 0.2) is 18.2 Å². The third-order valence-electron chi connectivity index (χ3n) is 1.84. The first-order valence-electron chi connectivity index (χ1n) is 4.29. The molecule has 2 N–H and O–H groups in total. The topological polar surface area (TPSA) is 46.3 Å². The molecule has 3 nitrogen and oxygen atoms in total. The van der Waals surface area contributed by atoms with Crippen LogP contribution in [0, 0.1) is 18.2 Å². The molecule has 0 fully saturated rings. The van der Waals surface area contributed by atoms with Crippen LogP contribution in [-0.4, -0.2) is 24.4 Å². The Balaban J connectivity index is 2.97. The van der Waals surface area contributed by atoms with Crippen molar-refractivity contribution in [1.82, 2.24) is 4.90 Å². The van der Waals surface area contributed by atoms with Crippen molar-refractivity contribution in [2.45, 2.75) is 0 Å². The van der Waals surface area contributed by atoms with E-state index in [0.717, 1.165) is 12.1 Å². The van der Waals surface area contributed by atoms with Crippen molar-refractivity contribution in [3.63, 3.8) is 0 Å². The number of benzene rings is 1. The molecule has 0 unspecified atom stereocenters. The molecule has 0 atom stereocenters. The van der Waals surface area contributed by atoms with Crippen LogP contribution in [0.5, 0.6) is 0 Å². The van der Waals surface area contributed by atoms with E-state index in [1.54, 1.807) is 7.05 Å². The summed E-state index contributed by atoms with van der Waals surface area (Å²) >= 11 is 0. The summed E-state index contributed by atoms with van der Waals surface area (Å²) in [6, 6.07) is 3.70. The van der Waals surface area contributed by atoms with Crippen LogP contribution in [0.1, 0.15) is 10.4 Å². The maximum atomic E-state index is 12.9. The molecular weight excluding hydrogens is 195 g/mol. The average molecular weight is 206 g/mol. The first-order chi connectivity index (χ1) is 7.04. The van der Waals surface area contributed by atoms with Crippen molar-refractivity contribution in [3.8, 4) is 12.3 Å². The number of carbonyl (C=O) groups is 1. The number of amides is 1. The lowest BCUT2D eigenvalue weighted by molar-refractivity contribution is 0.0812. The second-order valence-corrected chi connectivity index (χ2v) is 3.14. The fourth-order valence-corrected chi connectivity index (χ4v) is 1.16. The number of anilines is 1. The number of nitrogen functional groups attached to an aromatic ring is 1. The van der Waals surface area contributed by atoms with Crippen molar-refractivity contribution in [1.29, 1.82) is 0 Å². The van der Waals surface area contributed by atoms with Gasteiger partial charge < -0.3 is 10.6 Å². The zero-order valence-corrected chi connectivity index (χ0v) is 8.33. The molecule has 0 aliphatic carbocycles. The Morgan fingerprint density at radius 2 is 2.27 bits per heavy atom. The largest absolute Gasteiger partial charge is 0.399 e. The van der Waals surface area contributed by atoms with Gasteiger partial charge in [0, 0.05) is 18.3 Å². The summed E-state index contributed by atoms with van der Waals surface area (Å²) in [5, 5.41) is 0. The molecule has 0 spiro atoms. The van der Waals surface area contributed by atoms with Crippen molar-refractivity contribution >= 4 is 11.6 Å². The van der Waals surface area contributed by atoms with Crippen LogP contribution in [0.3, 0.4) is 0 Å². The number of carbonyl (C=O) groups excluding carboxylic acids is 1. The number of hydrogen-bond donors (Lipinski definition) is 1. The highest BCUT2D eigenvalue weighted by atomic mass is 19.1. The highest BCUT2D eigenvalue weighted by Gasteiger charge is 2.11. The lowest BCUT2D eigenvalue weighted by Gasteiger charge is -2.13. The zero-order chi connectivity index (χ0) is 11.4. The van der Waals surface area contributed by atoms with Gasteiger partial charge in [-0.3, -0.25) is 4.79 Å². The van der Waals surface area contributed by atoms with E-state index in [1.165, 1.54) is 11.0 Å². The molecule has 1 aromatic rings. The minimum absolute atomic E-state index is 0.176. The fraction of sp³-hybridized carbons (Fsp3) is 0.182. The average Bonchev–Trinajstić information content (AvgIpc) is 2.15. The summed E-state index contributed by atoms with van der Waals surface area (Å²) in [5.41, 5.74) is 5.83. The molecule has 1 amide bonds. The second-order valence-electron chi connectivity index (χ2n) is 3.14. The Morgan fingerprint density at radius 1 is 1.60 bits per heavy atom. The molecule has 0 saturated heterocycles. The normalized spacial score (nSPS) is 9.40. The molecule has 0 heterocycles. The summed E-state index contributed by atoms with van der Waals surface area (Å²) in [5.74, 6) is 1.44. The summed E-state index contributed by atoms with van der Waals surface area (Å²) < 4.78 is 12.9.